The summed E-state index contributed by atoms with van der Waals surface area (Å²) in [4.78, 5) is 37.1. The van der Waals surface area contributed by atoms with Crippen LogP contribution in [0.1, 0.15) is 39.0 Å². The van der Waals surface area contributed by atoms with Gasteiger partial charge in [-0.3, -0.25) is 14.4 Å². The lowest BCUT2D eigenvalue weighted by Gasteiger charge is -2.31. The van der Waals surface area contributed by atoms with E-state index in [9.17, 15) is 14.4 Å². The second-order valence-electron chi connectivity index (χ2n) is 5.89. The van der Waals surface area contributed by atoms with Crippen molar-refractivity contribution in [2.45, 2.75) is 56.7 Å². The quantitative estimate of drug-likeness (QED) is 0.677. The average molecular weight is 265 g/mol. The summed E-state index contributed by atoms with van der Waals surface area (Å²) in [6.07, 6.45) is 3.73. The summed E-state index contributed by atoms with van der Waals surface area (Å²) in [5.74, 6) is -0.279. The summed E-state index contributed by atoms with van der Waals surface area (Å²) >= 11 is 0. The van der Waals surface area contributed by atoms with Gasteiger partial charge in [-0.25, -0.2) is 0 Å². The van der Waals surface area contributed by atoms with E-state index in [1.54, 1.807) is 0 Å². The van der Waals surface area contributed by atoms with E-state index in [0.717, 1.165) is 19.4 Å². The van der Waals surface area contributed by atoms with Gasteiger partial charge in [0, 0.05) is 12.6 Å². The molecule has 0 bridgehead atoms. The van der Waals surface area contributed by atoms with Crippen molar-refractivity contribution in [3.05, 3.63) is 0 Å². The van der Waals surface area contributed by atoms with Gasteiger partial charge in [0.25, 0.3) is 0 Å². The molecule has 19 heavy (non-hydrogen) atoms. The van der Waals surface area contributed by atoms with Gasteiger partial charge in [0.05, 0.1) is 6.42 Å². The van der Waals surface area contributed by atoms with Crippen molar-refractivity contribution in [3.63, 3.8) is 0 Å². The standard InChI is InChI=1S/C13H19N3O3/c1-8-3-2-6-16(8)12(19)13(4-5-13)15-11(18)9-7-10(17)14-9/h8-9H,2-7H2,1H3,(H,14,17)(H,15,18)/t8-,9+/m1/s1. The maximum atomic E-state index is 12.5. The minimum absolute atomic E-state index is 0.0523. The molecule has 2 atom stereocenters. The molecule has 0 aromatic heterocycles. The SMILES string of the molecule is C[C@@H]1CCCN1C(=O)C1(NC(=O)[C@@H]2CC(=O)N2)CC1. The fourth-order valence-corrected chi connectivity index (χ4v) is 2.87. The van der Waals surface area contributed by atoms with E-state index in [2.05, 4.69) is 17.6 Å². The molecule has 0 spiro atoms. The van der Waals surface area contributed by atoms with E-state index in [0.29, 0.717) is 12.8 Å². The Morgan fingerprint density at radius 1 is 1.42 bits per heavy atom. The first kappa shape index (κ1) is 12.4. The summed E-state index contributed by atoms with van der Waals surface area (Å²) in [5.41, 5.74) is -0.685. The van der Waals surface area contributed by atoms with Crippen LogP contribution in [0.15, 0.2) is 0 Å². The summed E-state index contributed by atoms with van der Waals surface area (Å²) in [5, 5.41) is 5.38. The molecular weight excluding hydrogens is 246 g/mol. The van der Waals surface area contributed by atoms with E-state index in [-0.39, 0.29) is 30.2 Å². The van der Waals surface area contributed by atoms with Gasteiger partial charge in [-0.15, -0.1) is 0 Å². The fraction of sp³-hybridized carbons (Fsp3) is 0.769. The lowest BCUT2D eigenvalue weighted by atomic mass is 10.0. The van der Waals surface area contributed by atoms with Gasteiger partial charge in [-0.1, -0.05) is 0 Å². The molecule has 0 radical (unpaired) electrons. The number of β-lactam (4-membered cyclic amide) rings is 1. The van der Waals surface area contributed by atoms with Crippen molar-refractivity contribution in [2.24, 2.45) is 0 Å². The Morgan fingerprint density at radius 2 is 2.11 bits per heavy atom. The van der Waals surface area contributed by atoms with Crippen molar-refractivity contribution in [1.29, 1.82) is 0 Å². The highest BCUT2D eigenvalue weighted by Crippen LogP contribution is 2.39. The van der Waals surface area contributed by atoms with Crippen molar-refractivity contribution >= 4 is 17.7 Å². The van der Waals surface area contributed by atoms with Crippen molar-refractivity contribution in [3.8, 4) is 0 Å². The van der Waals surface area contributed by atoms with Crippen molar-refractivity contribution in [2.75, 3.05) is 6.54 Å². The van der Waals surface area contributed by atoms with Crippen LogP contribution in [-0.2, 0) is 14.4 Å². The zero-order chi connectivity index (χ0) is 13.6. The third-order valence-electron chi connectivity index (χ3n) is 4.38. The minimum Gasteiger partial charge on any atom is -0.344 e. The highest BCUT2D eigenvalue weighted by molar-refractivity contribution is 6.01. The highest BCUT2D eigenvalue weighted by Gasteiger charge is 2.55. The van der Waals surface area contributed by atoms with Gasteiger partial charge in [0.15, 0.2) is 0 Å². The maximum Gasteiger partial charge on any atom is 0.248 e. The Morgan fingerprint density at radius 3 is 2.58 bits per heavy atom. The maximum absolute atomic E-state index is 12.5. The Balaban J connectivity index is 1.61. The average Bonchev–Trinajstić information content (AvgIpc) is 2.98. The van der Waals surface area contributed by atoms with E-state index < -0.39 is 11.6 Å². The first-order valence-corrected chi connectivity index (χ1v) is 6.94. The van der Waals surface area contributed by atoms with E-state index in [4.69, 9.17) is 0 Å². The lowest BCUT2D eigenvalue weighted by Crippen LogP contribution is -2.61. The van der Waals surface area contributed by atoms with Crippen LogP contribution >= 0.6 is 0 Å². The topological polar surface area (TPSA) is 78.5 Å². The molecule has 6 nitrogen and oxygen atoms in total. The Hall–Kier alpha value is -1.59. The first-order chi connectivity index (χ1) is 9.02. The van der Waals surface area contributed by atoms with Gasteiger partial charge in [-0.05, 0) is 32.6 Å². The van der Waals surface area contributed by atoms with E-state index >= 15 is 0 Å². The second kappa shape index (κ2) is 4.21. The van der Waals surface area contributed by atoms with Gasteiger partial charge < -0.3 is 15.5 Å². The number of likely N-dealkylation sites (tertiary alicyclic amines) is 1. The predicted molar refractivity (Wildman–Crippen MR) is 67.1 cm³/mol. The van der Waals surface area contributed by atoms with Crippen LogP contribution in [0, 0.1) is 0 Å². The van der Waals surface area contributed by atoms with Gasteiger partial charge in [-0.2, -0.15) is 0 Å². The molecule has 6 heteroatoms. The van der Waals surface area contributed by atoms with Crippen LogP contribution in [-0.4, -0.2) is 46.8 Å². The van der Waals surface area contributed by atoms with Gasteiger partial charge in [0.2, 0.25) is 17.7 Å². The monoisotopic (exact) mass is 265 g/mol. The number of carbonyl (C=O) groups is 3. The zero-order valence-electron chi connectivity index (χ0n) is 11.1. The molecule has 3 fully saturated rings. The predicted octanol–water partition coefficient (Wildman–Crippen LogP) is -0.465. The molecule has 3 aliphatic rings. The molecule has 3 amide bonds. The molecule has 2 aliphatic heterocycles. The van der Waals surface area contributed by atoms with E-state index in [1.165, 1.54) is 0 Å². The summed E-state index contributed by atoms with van der Waals surface area (Å²) < 4.78 is 0. The lowest BCUT2D eigenvalue weighted by molar-refractivity contribution is -0.141. The van der Waals surface area contributed by atoms with Crippen molar-refractivity contribution < 1.29 is 14.4 Å². The number of rotatable bonds is 3. The normalized spacial score (nSPS) is 31.4. The first-order valence-electron chi connectivity index (χ1n) is 6.94. The van der Waals surface area contributed by atoms with Crippen LogP contribution in [0.2, 0.25) is 0 Å². The molecule has 3 rings (SSSR count). The number of hydrogen-bond acceptors (Lipinski definition) is 3. The number of hydrogen-bond donors (Lipinski definition) is 2. The number of nitrogens with zero attached hydrogens (tertiary/aromatic N) is 1. The van der Waals surface area contributed by atoms with Crippen LogP contribution in [0.5, 0.6) is 0 Å². The Bertz CT molecular complexity index is 436. The molecule has 2 saturated heterocycles. The molecule has 2 N–H and O–H groups in total. The second-order valence-corrected chi connectivity index (χ2v) is 5.89. The molecule has 1 aliphatic carbocycles. The highest BCUT2D eigenvalue weighted by atomic mass is 16.2. The largest absolute Gasteiger partial charge is 0.344 e. The van der Waals surface area contributed by atoms with Crippen LogP contribution in [0.3, 0.4) is 0 Å². The fourth-order valence-electron chi connectivity index (χ4n) is 2.87. The van der Waals surface area contributed by atoms with Crippen LogP contribution < -0.4 is 10.6 Å². The van der Waals surface area contributed by atoms with Crippen molar-refractivity contribution in [1.82, 2.24) is 15.5 Å². The summed E-state index contributed by atoms with van der Waals surface area (Å²) in [7, 11) is 0. The number of carbonyl (C=O) groups excluding carboxylic acids is 3. The Kier molecular flexibility index (Phi) is 2.76. The zero-order valence-corrected chi connectivity index (χ0v) is 11.1. The van der Waals surface area contributed by atoms with Gasteiger partial charge >= 0.3 is 0 Å². The summed E-state index contributed by atoms with van der Waals surface area (Å²) in [6, 6.07) is -0.181. The minimum atomic E-state index is -0.685. The van der Waals surface area contributed by atoms with Gasteiger partial charge in [0.1, 0.15) is 11.6 Å². The molecule has 2 heterocycles. The van der Waals surface area contributed by atoms with Crippen LogP contribution in [0.25, 0.3) is 0 Å². The smallest absolute Gasteiger partial charge is 0.248 e. The molecule has 0 aromatic rings. The Labute approximate surface area is 111 Å². The molecular formula is C13H19N3O3. The molecule has 0 aromatic carbocycles. The molecule has 0 unspecified atom stereocenters. The molecule has 104 valence electrons. The van der Waals surface area contributed by atoms with E-state index in [1.807, 2.05) is 4.90 Å². The third-order valence-corrected chi connectivity index (χ3v) is 4.38. The molecule has 1 saturated carbocycles. The summed E-state index contributed by atoms with van der Waals surface area (Å²) in [6.45, 7) is 2.84. The number of amides is 3. The van der Waals surface area contributed by atoms with Crippen LogP contribution in [0.4, 0.5) is 0 Å². The number of nitrogens with one attached hydrogen (secondary N) is 2. The third kappa shape index (κ3) is 2.09.